The van der Waals surface area contributed by atoms with Crippen LogP contribution in [0.1, 0.15) is 88.7 Å². The van der Waals surface area contributed by atoms with Gasteiger partial charge in [0.25, 0.3) is 5.85 Å². The van der Waals surface area contributed by atoms with Crippen LogP contribution in [0.3, 0.4) is 0 Å². The van der Waals surface area contributed by atoms with E-state index in [1.54, 1.807) is 0 Å². The third kappa shape index (κ3) is 4.69. The molecule has 0 bridgehead atoms. The standard InChI is InChI=1S/C25H33N3O.C2H6/c26-21-11-13-22(14-12-21)29-25(27)23-15-10-20(16-24(23)28-25)19-8-6-18(7-9-19)17-4-2-1-3-5-17;1-2/h10-19,28H,1-9,26-27H2;1-2H3. The third-order valence-corrected chi connectivity index (χ3v) is 7.48. The minimum atomic E-state index is -0.956. The lowest BCUT2D eigenvalue weighted by molar-refractivity contribution is 0.0890. The van der Waals surface area contributed by atoms with Crippen LogP contribution in [0.25, 0.3) is 0 Å². The summed E-state index contributed by atoms with van der Waals surface area (Å²) in [5.74, 6) is 2.42. The van der Waals surface area contributed by atoms with Gasteiger partial charge in [0.05, 0.1) is 5.56 Å². The van der Waals surface area contributed by atoms with Gasteiger partial charge in [-0.2, -0.15) is 0 Å². The van der Waals surface area contributed by atoms with E-state index in [1.165, 1.54) is 63.4 Å². The number of ether oxygens (including phenoxy) is 1. The van der Waals surface area contributed by atoms with Crippen molar-refractivity contribution in [2.45, 2.75) is 83.4 Å². The van der Waals surface area contributed by atoms with E-state index in [2.05, 4.69) is 23.5 Å². The monoisotopic (exact) mass is 421 g/mol. The smallest absolute Gasteiger partial charge is 0.265 e. The molecule has 1 heterocycles. The molecule has 2 saturated carbocycles. The number of nitrogens with one attached hydrogen (secondary N) is 1. The van der Waals surface area contributed by atoms with E-state index in [9.17, 15) is 0 Å². The Balaban J connectivity index is 0.00000112. The van der Waals surface area contributed by atoms with Crippen molar-refractivity contribution >= 4 is 11.4 Å². The predicted molar refractivity (Wildman–Crippen MR) is 130 cm³/mol. The average molecular weight is 422 g/mol. The second kappa shape index (κ2) is 9.52. The fraction of sp³-hybridized carbons (Fsp3) is 0.556. The molecule has 1 atom stereocenters. The van der Waals surface area contributed by atoms with Gasteiger partial charge >= 0.3 is 0 Å². The summed E-state index contributed by atoms with van der Waals surface area (Å²) in [7, 11) is 0. The highest BCUT2D eigenvalue weighted by Gasteiger charge is 2.42. The van der Waals surface area contributed by atoms with Crippen molar-refractivity contribution in [3.8, 4) is 5.75 Å². The van der Waals surface area contributed by atoms with Crippen LogP contribution in [0.4, 0.5) is 11.4 Å². The van der Waals surface area contributed by atoms with Crippen LogP contribution >= 0.6 is 0 Å². The first-order valence-corrected chi connectivity index (χ1v) is 12.4. The number of rotatable bonds is 4. The van der Waals surface area contributed by atoms with E-state index in [0.29, 0.717) is 17.4 Å². The summed E-state index contributed by atoms with van der Waals surface area (Å²) in [6.07, 6.45) is 12.8. The summed E-state index contributed by atoms with van der Waals surface area (Å²) < 4.78 is 6.00. The highest BCUT2D eigenvalue weighted by Crippen LogP contribution is 2.46. The average Bonchev–Trinajstić information content (AvgIpc) is 2.82. The SMILES string of the molecule is CC.Nc1ccc(OC2(N)Nc3cc(C4CCC(C5CCCCC5)CC4)ccc32)cc1. The minimum Gasteiger partial charge on any atom is -0.451 e. The summed E-state index contributed by atoms with van der Waals surface area (Å²) >= 11 is 0. The van der Waals surface area contributed by atoms with Crippen molar-refractivity contribution in [1.82, 2.24) is 0 Å². The normalized spacial score (nSPS) is 27.7. The summed E-state index contributed by atoms with van der Waals surface area (Å²) in [4.78, 5) is 0. The molecule has 2 fully saturated rings. The molecule has 2 aliphatic carbocycles. The van der Waals surface area contributed by atoms with Crippen LogP contribution in [-0.2, 0) is 5.85 Å². The number of anilines is 2. The first-order chi connectivity index (χ1) is 15.1. The van der Waals surface area contributed by atoms with Gasteiger partial charge in [-0.1, -0.05) is 52.0 Å². The van der Waals surface area contributed by atoms with Gasteiger partial charge in [-0.25, -0.2) is 0 Å². The first kappa shape index (κ1) is 22.0. The minimum absolute atomic E-state index is 0.688. The van der Waals surface area contributed by atoms with Crippen LogP contribution < -0.4 is 21.5 Å². The molecule has 1 unspecified atom stereocenters. The fourth-order valence-electron chi connectivity index (χ4n) is 5.78. The van der Waals surface area contributed by atoms with Crippen LogP contribution in [0.15, 0.2) is 42.5 Å². The molecular weight excluding hydrogens is 382 g/mol. The van der Waals surface area contributed by atoms with Crippen LogP contribution in [0.5, 0.6) is 5.75 Å². The lowest BCUT2D eigenvalue weighted by Gasteiger charge is -2.42. The van der Waals surface area contributed by atoms with Crippen molar-refractivity contribution in [2.75, 3.05) is 11.1 Å². The van der Waals surface area contributed by atoms with Gasteiger partial charge in [0.2, 0.25) is 0 Å². The number of benzene rings is 2. The van der Waals surface area contributed by atoms with Crippen molar-refractivity contribution in [1.29, 1.82) is 0 Å². The van der Waals surface area contributed by atoms with Gasteiger partial charge in [-0.3, -0.25) is 5.73 Å². The second-order valence-electron chi connectivity index (χ2n) is 9.35. The molecule has 0 saturated heterocycles. The van der Waals surface area contributed by atoms with Gasteiger partial charge in [-0.15, -0.1) is 0 Å². The predicted octanol–water partition coefficient (Wildman–Crippen LogP) is 6.72. The zero-order valence-corrected chi connectivity index (χ0v) is 19.2. The van der Waals surface area contributed by atoms with Gasteiger partial charge in [0.15, 0.2) is 0 Å². The number of hydrogen-bond acceptors (Lipinski definition) is 4. The van der Waals surface area contributed by atoms with Crippen LogP contribution in [0, 0.1) is 11.8 Å². The molecule has 168 valence electrons. The highest BCUT2D eigenvalue weighted by molar-refractivity contribution is 5.67. The van der Waals surface area contributed by atoms with Crippen LogP contribution in [0.2, 0.25) is 0 Å². The summed E-state index contributed by atoms with van der Waals surface area (Å²) in [6.45, 7) is 4.00. The maximum Gasteiger partial charge on any atom is 0.265 e. The number of nitrogen functional groups attached to an aromatic ring is 1. The van der Waals surface area contributed by atoms with Gasteiger partial charge < -0.3 is 15.8 Å². The molecule has 5 rings (SSSR count). The lowest BCUT2D eigenvalue weighted by atomic mass is 9.70. The molecule has 31 heavy (non-hydrogen) atoms. The molecule has 0 amide bonds. The quantitative estimate of drug-likeness (QED) is 0.378. The molecule has 5 N–H and O–H groups in total. The fourth-order valence-corrected chi connectivity index (χ4v) is 5.78. The van der Waals surface area contributed by atoms with E-state index in [0.717, 1.165) is 23.1 Å². The second-order valence-corrected chi connectivity index (χ2v) is 9.35. The zero-order valence-electron chi connectivity index (χ0n) is 19.2. The van der Waals surface area contributed by atoms with E-state index in [4.69, 9.17) is 16.2 Å². The van der Waals surface area contributed by atoms with Gasteiger partial charge in [-0.05, 0) is 85.4 Å². The molecule has 3 aliphatic rings. The molecule has 4 heteroatoms. The maximum atomic E-state index is 6.45. The van der Waals surface area contributed by atoms with E-state index in [-0.39, 0.29) is 0 Å². The zero-order chi connectivity index (χ0) is 21.8. The Morgan fingerprint density at radius 3 is 2.13 bits per heavy atom. The number of nitrogens with two attached hydrogens (primary N) is 2. The van der Waals surface area contributed by atoms with Crippen LogP contribution in [-0.4, -0.2) is 0 Å². The highest BCUT2D eigenvalue weighted by atomic mass is 16.5. The van der Waals surface area contributed by atoms with E-state index in [1.807, 2.05) is 38.1 Å². The molecule has 4 nitrogen and oxygen atoms in total. The molecule has 1 aliphatic heterocycles. The molecule has 2 aromatic carbocycles. The summed E-state index contributed by atoms with van der Waals surface area (Å²) in [5.41, 5.74) is 16.5. The Morgan fingerprint density at radius 1 is 0.839 bits per heavy atom. The maximum absolute atomic E-state index is 6.45. The van der Waals surface area contributed by atoms with Gasteiger partial charge in [0, 0.05) is 11.4 Å². The van der Waals surface area contributed by atoms with E-state index >= 15 is 0 Å². The topological polar surface area (TPSA) is 73.3 Å². The molecule has 2 aromatic rings. The Bertz CT molecular complexity index is 851. The molecule has 0 aromatic heterocycles. The third-order valence-electron chi connectivity index (χ3n) is 7.48. The Hall–Kier alpha value is -2.20. The molecule has 0 spiro atoms. The van der Waals surface area contributed by atoms with Crippen molar-refractivity contribution in [2.24, 2.45) is 17.6 Å². The Kier molecular flexibility index (Phi) is 6.76. The Morgan fingerprint density at radius 2 is 1.48 bits per heavy atom. The number of hydrogen-bond donors (Lipinski definition) is 3. The van der Waals surface area contributed by atoms with Gasteiger partial charge in [0.1, 0.15) is 5.75 Å². The van der Waals surface area contributed by atoms with Crippen molar-refractivity contribution < 1.29 is 4.74 Å². The molecular formula is C27H39N3O. The summed E-state index contributed by atoms with van der Waals surface area (Å²) in [5, 5.41) is 3.33. The Labute approximate surface area is 187 Å². The van der Waals surface area contributed by atoms with Crippen molar-refractivity contribution in [3.05, 3.63) is 53.6 Å². The number of fused-ring (bicyclic) bond motifs is 1. The first-order valence-electron chi connectivity index (χ1n) is 12.4. The molecule has 0 radical (unpaired) electrons. The summed E-state index contributed by atoms with van der Waals surface area (Å²) in [6, 6.07) is 14.0. The van der Waals surface area contributed by atoms with E-state index < -0.39 is 5.85 Å². The largest absolute Gasteiger partial charge is 0.451 e. The van der Waals surface area contributed by atoms with Crippen molar-refractivity contribution in [3.63, 3.8) is 0 Å². The lowest BCUT2D eigenvalue weighted by Crippen LogP contribution is -2.56.